The lowest BCUT2D eigenvalue weighted by Crippen LogP contribution is -1.91. The van der Waals surface area contributed by atoms with Crippen LogP contribution in [0.1, 0.15) is 32.3 Å². The summed E-state index contributed by atoms with van der Waals surface area (Å²) in [4.78, 5) is 0. The molecule has 1 aromatic carbocycles. The SMILES string of the molecule is CCC(C=C(Cl)c1ccccc1)CC. The Morgan fingerprint density at radius 2 is 1.79 bits per heavy atom. The predicted octanol–water partition coefficient (Wildman–Crippen LogP) is 4.70. The Balaban J connectivity index is 2.78. The fraction of sp³-hybridized carbons (Fsp3) is 0.385. The van der Waals surface area contributed by atoms with Crippen LogP contribution in [0.3, 0.4) is 0 Å². The Hall–Kier alpha value is -0.750. The zero-order valence-electron chi connectivity index (χ0n) is 8.83. The number of allylic oxidation sites excluding steroid dienone is 1. The lowest BCUT2D eigenvalue weighted by molar-refractivity contribution is 0.608. The molecule has 0 nitrogen and oxygen atoms in total. The normalized spacial score (nSPS) is 12.1. The average molecular weight is 209 g/mol. The van der Waals surface area contributed by atoms with E-state index in [1.165, 1.54) is 0 Å². The van der Waals surface area contributed by atoms with Gasteiger partial charge in [-0.25, -0.2) is 0 Å². The smallest absolute Gasteiger partial charge is 0.0441 e. The fourth-order valence-corrected chi connectivity index (χ4v) is 1.73. The largest absolute Gasteiger partial charge is 0.0840 e. The Morgan fingerprint density at radius 3 is 2.29 bits per heavy atom. The van der Waals surface area contributed by atoms with Gasteiger partial charge in [-0.05, 0) is 24.3 Å². The van der Waals surface area contributed by atoms with E-state index in [4.69, 9.17) is 11.6 Å². The molecule has 1 heteroatoms. The lowest BCUT2D eigenvalue weighted by atomic mass is 10.0. The van der Waals surface area contributed by atoms with Crippen molar-refractivity contribution in [2.24, 2.45) is 5.92 Å². The molecule has 0 spiro atoms. The second-order valence-corrected chi connectivity index (χ2v) is 3.86. The summed E-state index contributed by atoms with van der Waals surface area (Å²) in [5.74, 6) is 0.600. The minimum absolute atomic E-state index is 0.600. The van der Waals surface area contributed by atoms with Crippen LogP contribution < -0.4 is 0 Å². The maximum atomic E-state index is 6.22. The number of halogens is 1. The van der Waals surface area contributed by atoms with Crippen LogP contribution in [0.4, 0.5) is 0 Å². The third-order valence-electron chi connectivity index (χ3n) is 2.48. The molecule has 0 aliphatic rings. The summed E-state index contributed by atoms with van der Waals surface area (Å²) in [6.45, 7) is 4.39. The first-order chi connectivity index (χ1) is 6.77. The van der Waals surface area contributed by atoms with Gasteiger partial charge in [0.05, 0.1) is 0 Å². The molecule has 1 rings (SSSR count). The summed E-state index contributed by atoms with van der Waals surface area (Å²) in [5.41, 5.74) is 1.11. The van der Waals surface area contributed by atoms with E-state index in [-0.39, 0.29) is 0 Å². The highest BCUT2D eigenvalue weighted by atomic mass is 35.5. The average Bonchev–Trinajstić information content (AvgIpc) is 2.26. The molecular formula is C13H17Cl. The van der Waals surface area contributed by atoms with Crippen LogP contribution >= 0.6 is 11.6 Å². The standard InChI is InChI=1S/C13H17Cl/c1-3-11(4-2)10-13(14)12-8-6-5-7-9-12/h5-11H,3-4H2,1-2H3. The van der Waals surface area contributed by atoms with Gasteiger partial charge < -0.3 is 0 Å². The highest BCUT2D eigenvalue weighted by molar-refractivity contribution is 6.48. The third kappa shape index (κ3) is 3.19. The lowest BCUT2D eigenvalue weighted by Gasteiger charge is -2.07. The summed E-state index contributed by atoms with van der Waals surface area (Å²) < 4.78 is 0. The molecule has 0 saturated heterocycles. The van der Waals surface area contributed by atoms with E-state index < -0.39 is 0 Å². The highest BCUT2D eigenvalue weighted by Gasteiger charge is 2.02. The molecule has 0 amide bonds. The molecule has 0 aliphatic carbocycles. The Bertz CT molecular complexity index is 283. The Kier molecular flexibility index (Phi) is 4.75. The number of rotatable bonds is 4. The topological polar surface area (TPSA) is 0 Å². The second kappa shape index (κ2) is 5.87. The first kappa shape index (κ1) is 11.3. The van der Waals surface area contributed by atoms with Crippen molar-refractivity contribution in [3.05, 3.63) is 42.0 Å². The molecule has 0 unspecified atom stereocenters. The molecule has 0 N–H and O–H groups in total. The number of hydrogen-bond acceptors (Lipinski definition) is 0. The Morgan fingerprint density at radius 1 is 1.21 bits per heavy atom. The van der Waals surface area contributed by atoms with Crippen molar-refractivity contribution < 1.29 is 0 Å². The van der Waals surface area contributed by atoms with E-state index in [0.29, 0.717) is 5.92 Å². The molecule has 1 aromatic rings. The molecule has 0 aromatic heterocycles. The van der Waals surface area contributed by atoms with Gasteiger partial charge in [-0.3, -0.25) is 0 Å². The molecule has 0 saturated carbocycles. The fourth-order valence-electron chi connectivity index (χ4n) is 1.42. The van der Waals surface area contributed by atoms with Gasteiger partial charge in [-0.2, -0.15) is 0 Å². The first-order valence-corrected chi connectivity index (χ1v) is 5.58. The Labute approximate surface area is 91.6 Å². The number of benzene rings is 1. The van der Waals surface area contributed by atoms with Gasteiger partial charge in [0.25, 0.3) is 0 Å². The summed E-state index contributed by atoms with van der Waals surface area (Å²) in [6.07, 6.45) is 4.47. The van der Waals surface area contributed by atoms with Crippen molar-refractivity contribution in [2.45, 2.75) is 26.7 Å². The molecular weight excluding hydrogens is 192 g/mol. The van der Waals surface area contributed by atoms with Crippen molar-refractivity contribution in [1.29, 1.82) is 0 Å². The van der Waals surface area contributed by atoms with Crippen LogP contribution in [0.5, 0.6) is 0 Å². The zero-order valence-corrected chi connectivity index (χ0v) is 9.59. The number of hydrogen-bond donors (Lipinski definition) is 0. The van der Waals surface area contributed by atoms with E-state index >= 15 is 0 Å². The second-order valence-electron chi connectivity index (χ2n) is 3.46. The first-order valence-electron chi connectivity index (χ1n) is 5.20. The van der Waals surface area contributed by atoms with Gasteiger partial charge in [-0.1, -0.05) is 61.9 Å². The quantitative estimate of drug-likeness (QED) is 0.673. The molecule has 0 radical (unpaired) electrons. The van der Waals surface area contributed by atoms with Crippen molar-refractivity contribution in [2.75, 3.05) is 0 Å². The van der Waals surface area contributed by atoms with E-state index in [2.05, 4.69) is 19.9 Å². The van der Waals surface area contributed by atoms with Crippen molar-refractivity contribution in [3.63, 3.8) is 0 Å². The zero-order chi connectivity index (χ0) is 10.4. The maximum Gasteiger partial charge on any atom is 0.0441 e. The van der Waals surface area contributed by atoms with Crippen LogP contribution in [-0.2, 0) is 0 Å². The maximum absolute atomic E-state index is 6.22. The minimum Gasteiger partial charge on any atom is -0.0840 e. The van der Waals surface area contributed by atoms with Crippen LogP contribution in [0.15, 0.2) is 36.4 Å². The predicted molar refractivity (Wildman–Crippen MR) is 64.3 cm³/mol. The van der Waals surface area contributed by atoms with E-state index in [1.54, 1.807) is 0 Å². The molecule has 14 heavy (non-hydrogen) atoms. The van der Waals surface area contributed by atoms with Crippen molar-refractivity contribution in [1.82, 2.24) is 0 Å². The summed E-state index contributed by atoms with van der Waals surface area (Å²) in [6, 6.07) is 10.1. The van der Waals surface area contributed by atoms with Crippen LogP contribution in [0.2, 0.25) is 0 Å². The molecule has 76 valence electrons. The summed E-state index contributed by atoms with van der Waals surface area (Å²) >= 11 is 6.22. The van der Waals surface area contributed by atoms with E-state index in [9.17, 15) is 0 Å². The van der Waals surface area contributed by atoms with E-state index in [1.807, 2.05) is 30.3 Å². The van der Waals surface area contributed by atoms with Crippen molar-refractivity contribution >= 4 is 16.6 Å². The van der Waals surface area contributed by atoms with Crippen LogP contribution in [0.25, 0.3) is 5.03 Å². The molecule has 0 aliphatic heterocycles. The van der Waals surface area contributed by atoms with Crippen LogP contribution in [-0.4, -0.2) is 0 Å². The van der Waals surface area contributed by atoms with E-state index in [0.717, 1.165) is 23.4 Å². The molecule has 0 bridgehead atoms. The van der Waals surface area contributed by atoms with Crippen molar-refractivity contribution in [3.8, 4) is 0 Å². The van der Waals surface area contributed by atoms with Crippen LogP contribution in [0, 0.1) is 5.92 Å². The highest BCUT2D eigenvalue weighted by Crippen LogP contribution is 2.22. The molecule has 0 heterocycles. The molecule has 0 atom stereocenters. The van der Waals surface area contributed by atoms with Gasteiger partial charge >= 0.3 is 0 Å². The summed E-state index contributed by atoms with van der Waals surface area (Å²) in [5, 5.41) is 0.874. The minimum atomic E-state index is 0.600. The van der Waals surface area contributed by atoms with Gasteiger partial charge in [-0.15, -0.1) is 0 Å². The van der Waals surface area contributed by atoms with Gasteiger partial charge in [0.15, 0.2) is 0 Å². The van der Waals surface area contributed by atoms with Gasteiger partial charge in [0.2, 0.25) is 0 Å². The van der Waals surface area contributed by atoms with Gasteiger partial charge in [0, 0.05) is 5.03 Å². The molecule has 0 fully saturated rings. The third-order valence-corrected chi connectivity index (χ3v) is 2.82. The summed E-state index contributed by atoms with van der Waals surface area (Å²) in [7, 11) is 0. The monoisotopic (exact) mass is 208 g/mol. The van der Waals surface area contributed by atoms with Gasteiger partial charge in [0.1, 0.15) is 0 Å².